The van der Waals surface area contributed by atoms with Crippen molar-refractivity contribution in [2.45, 2.75) is 46.5 Å². The van der Waals surface area contributed by atoms with E-state index in [0.717, 1.165) is 24.0 Å². The Morgan fingerprint density at radius 1 is 1.19 bits per heavy atom. The largest absolute Gasteiger partial charge is 0.481 e. The zero-order valence-corrected chi connectivity index (χ0v) is 15.6. The highest BCUT2D eigenvalue weighted by Crippen LogP contribution is 2.35. The molecule has 26 heavy (non-hydrogen) atoms. The molecule has 0 aromatic heterocycles. The number of carbonyl (C=O) groups is 3. The molecule has 0 spiro atoms. The summed E-state index contributed by atoms with van der Waals surface area (Å²) in [6.07, 6.45) is 3.70. The monoisotopic (exact) mass is 357 g/mol. The molecule has 2 N–H and O–H groups in total. The number of carboxylic acid groups (broad SMARTS) is 1. The number of hydrogen-bond acceptors (Lipinski definition) is 3. The van der Waals surface area contributed by atoms with E-state index in [4.69, 9.17) is 5.11 Å². The van der Waals surface area contributed by atoms with Gasteiger partial charge >= 0.3 is 5.97 Å². The van der Waals surface area contributed by atoms with E-state index in [9.17, 15) is 14.4 Å². The summed E-state index contributed by atoms with van der Waals surface area (Å²) in [5.41, 5.74) is 2.42. The number of carbonyl (C=O) groups excluding carboxylic acids is 2. The average Bonchev–Trinajstić information content (AvgIpc) is 2.58. The summed E-state index contributed by atoms with van der Waals surface area (Å²) >= 11 is 0. The molecule has 0 radical (unpaired) electrons. The van der Waals surface area contributed by atoms with Crippen LogP contribution in [0.3, 0.4) is 0 Å². The second-order valence-electron chi connectivity index (χ2n) is 7.36. The van der Waals surface area contributed by atoms with Gasteiger partial charge in [0, 0.05) is 18.0 Å². The van der Waals surface area contributed by atoms with Crippen LogP contribution in [0.15, 0.2) is 29.8 Å². The molecule has 0 aliphatic heterocycles. The maximum absolute atomic E-state index is 12.7. The minimum absolute atomic E-state index is 0.0518. The second kappa shape index (κ2) is 8.79. The van der Waals surface area contributed by atoms with E-state index in [-0.39, 0.29) is 36.4 Å². The third-order valence-electron chi connectivity index (χ3n) is 4.95. The van der Waals surface area contributed by atoms with E-state index in [1.807, 2.05) is 18.2 Å². The van der Waals surface area contributed by atoms with Gasteiger partial charge in [-0.1, -0.05) is 32.9 Å². The van der Waals surface area contributed by atoms with Crippen LogP contribution in [-0.4, -0.2) is 22.8 Å². The Morgan fingerprint density at radius 3 is 2.42 bits per heavy atom. The fraction of sp³-hybridized carbons (Fsp3) is 0.476. The molecule has 2 rings (SSSR count). The molecule has 1 aliphatic rings. The fourth-order valence-corrected chi connectivity index (χ4v) is 3.31. The highest BCUT2D eigenvalue weighted by Gasteiger charge is 2.32. The van der Waals surface area contributed by atoms with Crippen LogP contribution in [0.2, 0.25) is 0 Å². The van der Waals surface area contributed by atoms with E-state index in [1.165, 1.54) is 0 Å². The van der Waals surface area contributed by atoms with Crippen LogP contribution in [0.4, 0.5) is 5.69 Å². The van der Waals surface area contributed by atoms with Gasteiger partial charge in [-0.3, -0.25) is 14.4 Å². The number of aliphatic carboxylic acids is 1. The Hall–Kier alpha value is -2.43. The molecule has 140 valence electrons. The number of carboxylic acids is 1. The summed E-state index contributed by atoms with van der Waals surface area (Å²) < 4.78 is 0. The molecule has 0 bridgehead atoms. The molecule has 1 aliphatic carbocycles. The molecule has 1 aromatic carbocycles. The zero-order valence-electron chi connectivity index (χ0n) is 15.6. The zero-order chi connectivity index (χ0) is 19.3. The maximum Gasteiger partial charge on any atom is 0.303 e. The quantitative estimate of drug-likeness (QED) is 0.749. The molecule has 5 nitrogen and oxygen atoms in total. The van der Waals surface area contributed by atoms with Crippen molar-refractivity contribution in [3.63, 3.8) is 0 Å². The normalized spacial score (nSPS) is 21.8. The van der Waals surface area contributed by atoms with Crippen LogP contribution < -0.4 is 5.32 Å². The van der Waals surface area contributed by atoms with Crippen molar-refractivity contribution >= 4 is 29.4 Å². The Kier molecular flexibility index (Phi) is 6.72. The molecular weight excluding hydrogens is 330 g/mol. The first kappa shape index (κ1) is 19.9. The smallest absolute Gasteiger partial charge is 0.303 e. The lowest BCUT2D eigenvalue weighted by atomic mass is 9.73. The number of Topliss-reactive ketones (excluding diaryl/α,β-unsaturated/α-hetero) is 1. The van der Waals surface area contributed by atoms with Gasteiger partial charge in [0.2, 0.25) is 5.91 Å². The fourth-order valence-electron chi connectivity index (χ4n) is 3.31. The van der Waals surface area contributed by atoms with Crippen molar-refractivity contribution in [2.75, 3.05) is 5.32 Å². The third kappa shape index (κ3) is 5.28. The first-order valence-electron chi connectivity index (χ1n) is 9.15. The number of ketones is 1. The summed E-state index contributed by atoms with van der Waals surface area (Å²) in [5, 5.41) is 11.3. The van der Waals surface area contributed by atoms with Crippen molar-refractivity contribution in [3.05, 3.63) is 35.4 Å². The van der Waals surface area contributed by atoms with Crippen LogP contribution >= 0.6 is 0 Å². The molecule has 1 fully saturated rings. The standard InChI is InChI=1S/C21H27NO4/c1-13(2)17-9-4-14(3)18(21(17)26)12-15-5-7-16(8-6-15)22-19(23)10-11-20(24)25/h5-8,12-14,17H,4,9-11H2,1-3H3,(H,22,23)(H,24,25)/t14-,17-/m1/s1. The van der Waals surface area contributed by atoms with Crippen LogP contribution in [-0.2, 0) is 14.4 Å². The first-order chi connectivity index (χ1) is 12.3. The van der Waals surface area contributed by atoms with Crippen molar-refractivity contribution in [1.82, 2.24) is 0 Å². The number of anilines is 1. The lowest BCUT2D eigenvalue weighted by Crippen LogP contribution is -2.30. The van der Waals surface area contributed by atoms with Crippen LogP contribution in [0.25, 0.3) is 6.08 Å². The second-order valence-corrected chi connectivity index (χ2v) is 7.36. The molecule has 5 heteroatoms. The summed E-state index contributed by atoms with van der Waals surface area (Å²) in [4.78, 5) is 34.9. The average molecular weight is 357 g/mol. The predicted molar refractivity (Wildman–Crippen MR) is 102 cm³/mol. The van der Waals surface area contributed by atoms with Gasteiger partial charge in [0.25, 0.3) is 0 Å². The van der Waals surface area contributed by atoms with Gasteiger partial charge in [0.1, 0.15) is 0 Å². The number of amides is 1. The Balaban J connectivity index is 2.07. The number of hydrogen-bond donors (Lipinski definition) is 2. The Labute approximate surface area is 154 Å². The molecule has 2 atom stereocenters. The van der Waals surface area contributed by atoms with E-state index >= 15 is 0 Å². The van der Waals surface area contributed by atoms with Gasteiger partial charge in [-0.2, -0.15) is 0 Å². The molecule has 1 aromatic rings. The third-order valence-corrected chi connectivity index (χ3v) is 4.95. The molecule has 0 heterocycles. The minimum Gasteiger partial charge on any atom is -0.481 e. The summed E-state index contributed by atoms with van der Waals surface area (Å²) in [5.74, 6) is -0.354. The van der Waals surface area contributed by atoms with Gasteiger partial charge in [0.15, 0.2) is 5.78 Å². The summed E-state index contributed by atoms with van der Waals surface area (Å²) in [6, 6.07) is 7.25. The van der Waals surface area contributed by atoms with Crippen molar-refractivity contribution in [2.24, 2.45) is 17.8 Å². The number of allylic oxidation sites excluding steroid dienone is 1. The first-order valence-corrected chi connectivity index (χ1v) is 9.15. The minimum atomic E-state index is -0.993. The summed E-state index contributed by atoms with van der Waals surface area (Å²) in [6.45, 7) is 6.29. The number of benzene rings is 1. The van der Waals surface area contributed by atoms with Crippen LogP contribution in [0, 0.1) is 17.8 Å². The van der Waals surface area contributed by atoms with E-state index in [0.29, 0.717) is 11.6 Å². The Bertz CT molecular complexity index is 703. The van der Waals surface area contributed by atoms with E-state index in [1.54, 1.807) is 12.1 Å². The lowest BCUT2D eigenvalue weighted by Gasteiger charge is -2.30. The number of nitrogens with one attached hydrogen (secondary N) is 1. The van der Waals surface area contributed by atoms with Crippen molar-refractivity contribution in [1.29, 1.82) is 0 Å². The van der Waals surface area contributed by atoms with Gasteiger partial charge in [-0.05, 0) is 54.0 Å². The van der Waals surface area contributed by atoms with Crippen LogP contribution in [0.1, 0.15) is 52.0 Å². The van der Waals surface area contributed by atoms with Gasteiger partial charge in [-0.25, -0.2) is 0 Å². The van der Waals surface area contributed by atoms with E-state index in [2.05, 4.69) is 26.1 Å². The molecule has 1 saturated carbocycles. The molecule has 0 unspecified atom stereocenters. The predicted octanol–water partition coefficient (Wildman–Crippen LogP) is 4.14. The highest BCUT2D eigenvalue weighted by atomic mass is 16.4. The topological polar surface area (TPSA) is 83.5 Å². The van der Waals surface area contributed by atoms with Gasteiger partial charge in [0.05, 0.1) is 6.42 Å². The van der Waals surface area contributed by atoms with E-state index < -0.39 is 5.97 Å². The maximum atomic E-state index is 12.7. The summed E-state index contributed by atoms with van der Waals surface area (Å²) in [7, 11) is 0. The van der Waals surface area contributed by atoms with Gasteiger partial charge < -0.3 is 10.4 Å². The van der Waals surface area contributed by atoms with Gasteiger partial charge in [-0.15, -0.1) is 0 Å². The Morgan fingerprint density at radius 2 is 1.85 bits per heavy atom. The van der Waals surface area contributed by atoms with Crippen molar-refractivity contribution < 1.29 is 19.5 Å². The number of rotatable bonds is 6. The molecular formula is C21H27NO4. The molecule has 0 saturated heterocycles. The van der Waals surface area contributed by atoms with Crippen LogP contribution in [0.5, 0.6) is 0 Å². The van der Waals surface area contributed by atoms with Crippen molar-refractivity contribution in [3.8, 4) is 0 Å². The lowest BCUT2D eigenvalue weighted by molar-refractivity contribution is -0.138. The highest BCUT2D eigenvalue weighted by molar-refractivity contribution is 6.02. The molecule has 1 amide bonds. The SMILES string of the molecule is CC(C)[C@H]1CC[C@@H](C)C(=Cc2ccc(NC(=O)CCC(=O)O)cc2)C1=O.